The minimum atomic E-state index is -0.440. The fourth-order valence-corrected chi connectivity index (χ4v) is 0.415. The van der Waals surface area contributed by atoms with Crippen LogP contribution < -0.4 is 0 Å². The number of rotatable bonds is 3. The number of ether oxygens (including phenoxy) is 1. The molecule has 4 heteroatoms. The van der Waals surface area contributed by atoms with Gasteiger partial charge in [0.1, 0.15) is 12.2 Å². The van der Waals surface area contributed by atoms with E-state index >= 15 is 0 Å². The third kappa shape index (κ3) is 12.3. The van der Waals surface area contributed by atoms with Crippen molar-refractivity contribution < 1.29 is 19.4 Å². The van der Waals surface area contributed by atoms with Crippen molar-refractivity contribution in [2.75, 3.05) is 13.7 Å². The molecule has 0 aromatic heterocycles. The predicted octanol–water partition coefficient (Wildman–Crippen LogP) is 0.137. The van der Waals surface area contributed by atoms with Gasteiger partial charge >= 0.3 is 5.97 Å². The molecule has 0 saturated carbocycles. The van der Waals surface area contributed by atoms with Crippen LogP contribution in [-0.2, 0) is 14.3 Å². The number of ketones is 1. The Morgan fingerprint density at radius 3 is 2.09 bits per heavy atom. The van der Waals surface area contributed by atoms with Crippen molar-refractivity contribution in [2.24, 2.45) is 0 Å². The summed E-state index contributed by atoms with van der Waals surface area (Å²) in [6.07, 6.45) is -0.103. The lowest BCUT2D eigenvalue weighted by atomic mass is 10.3. The molecule has 0 aromatic rings. The lowest BCUT2D eigenvalue weighted by Gasteiger charge is -1.96. The van der Waals surface area contributed by atoms with Crippen molar-refractivity contribution in [1.29, 1.82) is 0 Å². The van der Waals surface area contributed by atoms with Gasteiger partial charge < -0.3 is 9.84 Å². The van der Waals surface area contributed by atoms with E-state index in [1.165, 1.54) is 6.92 Å². The molecule has 0 fully saturated rings. The van der Waals surface area contributed by atoms with Crippen molar-refractivity contribution in [3.8, 4) is 0 Å². The molecule has 0 amide bonds. The number of hydrogen-bond donors (Lipinski definition) is 1. The van der Waals surface area contributed by atoms with E-state index in [1.54, 1.807) is 6.92 Å². The molecular formula is C7H14O4. The van der Waals surface area contributed by atoms with E-state index in [4.69, 9.17) is 5.11 Å². The quantitative estimate of drug-likeness (QED) is 0.473. The summed E-state index contributed by atoms with van der Waals surface area (Å²) >= 11 is 0. The topological polar surface area (TPSA) is 63.6 Å². The van der Waals surface area contributed by atoms with E-state index < -0.39 is 5.97 Å². The lowest BCUT2D eigenvalue weighted by molar-refractivity contribution is -0.145. The van der Waals surface area contributed by atoms with E-state index in [0.29, 0.717) is 6.61 Å². The first-order chi connectivity index (χ1) is 5.16. The third-order valence-corrected chi connectivity index (χ3v) is 0.699. The highest BCUT2D eigenvalue weighted by Crippen LogP contribution is 1.86. The standard InChI is InChI=1S/C6H10O3.CH4O/c1-3-9-6(8)4-5(2)7;1-2/h3-4H2,1-2H3;2H,1H3. The summed E-state index contributed by atoms with van der Waals surface area (Å²) in [7, 11) is 1.00. The first-order valence-electron chi connectivity index (χ1n) is 3.26. The van der Waals surface area contributed by atoms with Gasteiger partial charge in [0, 0.05) is 7.11 Å². The minimum absolute atomic E-state index is 0.103. The highest BCUT2D eigenvalue weighted by molar-refractivity contribution is 5.94. The summed E-state index contributed by atoms with van der Waals surface area (Å²) in [6.45, 7) is 3.40. The van der Waals surface area contributed by atoms with Gasteiger partial charge in [-0.25, -0.2) is 0 Å². The minimum Gasteiger partial charge on any atom is -0.466 e. The van der Waals surface area contributed by atoms with Crippen LogP contribution >= 0.6 is 0 Å². The molecule has 0 aliphatic carbocycles. The van der Waals surface area contributed by atoms with Crippen LogP contribution in [0.5, 0.6) is 0 Å². The number of carbonyl (C=O) groups is 2. The second-order valence-corrected chi connectivity index (χ2v) is 1.68. The zero-order chi connectivity index (χ0) is 9.28. The summed E-state index contributed by atoms with van der Waals surface area (Å²) in [4.78, 5) is 20.6. The Bertz CT molecular complexity index is 120. The van der Waals surface area contributed by atoms with Gasteiger partial charge in [-0.15, -0.1) is 0 Å². The van der Waals surface area contributed by atoms with Crippen LogP contribution in [0.2, 0.25) is 0 Å². The van der Waals surface area contributed by atoms with Crippen molar-refractivity contribution in [2.45, 2.75) is 20.3 Å². The van der Waals surface area contributed by atoms with Crippen molar-refractivity contribution in [3.05, 3.63) is 0 Å². The SMILES string of the molecule is CCOC(=O)CC(C)=O.CO. The Morgan fingerprint density at radius 2 is 1.82 bits per heavy atom. The van der Waals surface area contributed by atoms with Gasteiger partial charge in [-0.2, -0.15) is 0 Å². The molecule has 0 saturated heterocycles. The molecule has 66 valence electrons. The number of hydrogen-bond acceptors (Lipinski definition) is 4. The Balaban J connectivity index is 0. The molecule has 0 rings (SSSR count). The average molecular weight is 162 g/mol. The van der Waals surface area contributed by atoms with Crippen LogP contribution in [0.1, 0.15) is 20.3 Å². The van der Waals surface area contributed by atoms with Crippen molar-refractivity contribution in [3.63, 3.8) is 0 Å². The van der Waals surface area contributed by atoms with E-state index in [0.717, 1.165) is 7.11 Å². The summed E-state index contributed by atoms with van der Waals surface area (Å²) in [5.41, 5.74) is 0. The monoisotopic (exact) mass is 162 g/mol. The zero-order valence-corrected chi connectivity index (χ0v) is 7.09. The second-order valence-electron chi connectivity index (χ2n) is 1.68. The van der Waals surface area contributed by atoms with Gasteiger partial charge in [0.2, 0.25) is 0 Å². The normalized spacial score (nSPS) is 7.64. The molecule has 0 spiro atoms. The van der Waals surface area contributed by atoms with Crippen LogP contribution in [0.3, 0.4) is 0 Å². The Morgan fingerprint density at radius 1 is 1.36 bits per heavy atom. The summed E-state index contributed by atoms with van der Waals surface area (Å²) in [6, 6.07) is 0. The molecule has 0 aromatic carbocycles. The highest BCUT2D eigenvalue weighted by atomic mass is 16.5. The van der Waals surface area contributed by atoms with Gasteiger partial charge in [-0.3, -0.25) is 9.59 Å². The van der Waals surface area contributed by atoms with Gasteiger partial charge in [-0.1, -0.05) is 0 Å². The highest BCUT2D eigenvalue weighted by Gasteiger charge is 2.03. The molecule has 11 heavy (non-hydrogen) atoms. The smallest absolute Gasteiger partial charge is 0.313 e. The van der Waals surface area contributed by atoms with Gasteiger partial charge in [0.05, 0.1) is 6.61 Å². The number of aliphatic hydroxyl groups is 1. The third-order valence-electron chi connectivity index (χ3n) is 0.699. The fraction of sp³-hybridized carbons (Fsp3) is 0.714. The molecule has 0 bridgehead atoms. The fourth-order valence-electron chi connectivity index (χ4n) is 0.415. The van der Waals surface area contributed by atoms with Crippen LogP contribution in [0.4, 0.5) is 0 Å². The number of aliphatic hydroxyl groups excluding tert-OH is 1. The van der Waals surface area contributed by atoms with Crippen LogP contribution in [-0.4, -0.2) is 30.6 Å². The Kier molecular flexibility index (Phi) is 10.5. The maximum Gasteiger partial charge on any atom is 0.313 e. The lowest BCUT2D eigenvalue weighted by Crippen LogP contribution is -2.07. The number of Topliss-reactive ketones (excluding diaryl/α,β-unsaturated/α-hetero) is 1. The maximum atomic E-state index is 10.4. The molecule has 0 aliphatic heterocycles. The van der Waals surface area contributed by atoms with Crippen LogP contribution in [0.15, 0.2) is 0 Å². The zero-order valence-electron chi connectivity index (χ0n) is 7.09. The van der Waals surface area contributed by atoms with E-state index in [-0.39, 0.29) is 12.2 Å². The second kappa shape index (κ2) is 9.10. The van der Waals surface area contributed by atoms with Crippen molar-refractivity contribution in [1.82, 2.24) is 0 Å². The first kappa shape index (κ1) is 12.7. The molecule has 1 N–H and O–H groups in total. The van der Waals surface area contributed by atoms with E-state index in [9.17, 15) is 9.59 Å². The molecule has 0 radical (unpaired) electrons. The Labute approximate surface area is 66.2 Å². The molecule has 0 heterocycles. The molecule has 0 unspecified atom stereocenters. The molecule has 0 atom stereocenters. The predicted molar refractivity (Wildman–Crippen MR) is 40.1 cm³/mol. The number of esters is 1. The van der Waals surface area contributed by atoms with Gasteiger partial charge in [0.25, 0.3) is 0 Å². The molecule has 0 aliphatic rings. The summed E-state index contributed by atoms with van der Waals surface area (Å²) in [5.74, 6) is -0.599. The van der Waals surface area contributed by atoms with E-state index in [1.807, 2.05) is 0 Å². The molecule has 4 nitrogen and oxygen atoms in total. The molecular weight excluding hydrogens is 148 g/mol. The van der Waals surface area contributed by atoms with Crippen LogP contribution in [0.25, 0.3) is 0 Å². The maximum absolute atomic E-state index is 10.4. The number of carbonyl (C=O) groups excluding carboxylic acids is 2. The van der Waals surface area contributed by atoms with E-state index in [2.05, 4.69) is 4.74 Å². The Hall–Kier alpha value is -0.900. The average Bonchev–Trinajstić information content (AvgIpc) is 1.91. The van der Waals surface area contributed by atoms with Crippen molar-refractivity contribution >= 4 is 11.8 Å². The van der Waals surface area contributed by atoms with Crippen LogP contribution in [0, 0.1) is 0 Å². The summed E-state index contributed by atoms with van der Waals surface area (Å²) < 4.78 is 4.49. The van der Waals surface area contributed by atoms with Gasteiger partial charge in [-0.05, 0) is 13.8 Å². The largest absolute Gasteiger partial charge is 0.466 e. The first-order valence-corrected chi connectivity index (χ1v) is 3.26. The summed E-state index contributed by atoms with van der Waals surface area (Å²) in [5, 5.41) is 7.00. The van der Waals surface area contributed by atoms with Gasteiger partial charge in [0.15, 0.2) is 0 Å².